The fourth-order valence-electron chi connectivity index (χ4n) is 3.33. The molecule has 0 saturated carbocycles. The Kier molecular flexibility index (Phi) is 5.45. The highest BCUT2D eigenvalue weighted by atomic mass is 16.6. The van der Waals surface area contributed by atoms with Gasteiger partial charge in [0.15, 0.2) is 0 Å². The number of alkyl carbamates (subject to hydrolysis) is 1. The number of aryl methyl sites for hydroxylation is 2. The number of hydrogen-bond acceptors (Lipinski definition) is 6. The predicted molar refractivity (Wildman–Crippen MR) is 104 cm³/mol. The summed E-state index contributed by atoms with van der Waals surface area (Å²) in [6.07, 6.45) is 1.95. The molecule has 28 heavy (non-hydrogen) atoms. The number of nitrogens with one attached hydrogen (secondary N) is 1. The molecule has 1 amide bonds. The molecule has 7 heteroatoms. The molecule has 0 atom stereocenters. The summed E-state index contributed by atoms with van der Waals surface area (Å²) in [5.74, 6) is -0.155. The molecule has 0 fully saturated rings. The van der Waals surface area contributed by atoms with Gasteiger partial charge in [-0.2, -0.15) is 0 Å². The second kappa shape index (κ2) is 7.66. The second-order valence-corrected chi connectivity index (χ2v) is 7.92. The molecular weight excluding hydrogens is 362 g/mol. The number of benzene rings is 1. The molecule has 0 radical (unpaired) electrons. The van der Waals surface area contributed by atoms with E-state index in [1.807, 2.05) is 6.07 Å². The molecule has 1 aliphatic rings. The smallest absolute Gasteiger partial charge is 0.407 e. The van der Waals surface area contributed by atoms with Crippen LogP contribution < -0.4 is 15.7 Å². The van der Waals surface area contributed by atoms with Gasteiger partial charge in [0.1, 0.15) is 16.9 Å². The summed E-state index contributed by atoms with van der Waals surface area (Å²) in [6, 6.07) is 3.55. The van der Waals surface area contributed by atoms with E-state index >= 15 is 0 Å². The summed E-state index contributed by atoms with van der Waals surface area (Å²) >= 11 is 0. The Labute approximate surface area is 163 Å². The second-order valence-electron chi connectivity index (χ2n) is 7.92. The maximum absolute atomic E-state index is 12.2. The molecule has 0 aliphatic heterocycles. The van der Waals surface area contributed by atoms with Crippen LogP contribution in [0.1, 0.15) is 50.3 Å². The van der Waals surface area contributed by atoms with Gasteiger partial charge in [0.2, 0.25) is 0 Å². The van der Waals surface area contributed by atoms with Crippen LogP contribution in [0.2, 0.25) is 0 Å². The van der Waals surface area contributed by atoms with Gasteiger partial charge >= 0.3 is 17.7 Å². The zero-order valence-corrected chi connectivity index (χ0v) is 16.6. The number of rotatable bonds is 4. The fourth-order valence-corrected chi connectivity index (χ4v) is 3.33. The largest absolute Gasteiger partial charge is 0.444 e. The minimum absolute atomic E-state index is 0.00907. The zero-order chi connectivity index (χ0) is 20.5. The van der Waals surface area contributed by atoms with Gasteiger partial charge in [-0.25, -0.2) is 9.59 Å². The molecule has 0 bridgehead atoms. The minimum Gasteiger partial charge on any atom is -0.444 e. The highest BCUT2D eigenvalue weighted by Gasteiger charge is 2.22. The quantitative estimate of drug-likeness (QED) is 0.491. The van der Waals surface area contributed by atoms with E-state index in [2.05, 4.69) is 5.32 Å². The Balaban J connectivity index is 1.67. The standard InChI is InChI=1S/C21H25NO6/c1-12-16(26-17(23)10-11-22-20(25)28-21(2,3)4)9-8-14-13-6-5-7-15(13)19(24)27-18(12)14/h8-9H,5-7,10-11H2,1-4H3,(H,22,25). The van der Waals surface area contributed by atoms with Gasteiger partial charge in [0.05, 0.1) is 6.42 Å². The highest BCUT2D eigenvalue weighted by Crippen LogP contribution is 2.33. The van der Waals surface area contributed by atoms with Crippen LogP contribution >= 0.6 is 0 Å². The molecule has 150 valence electrons. The van der Waals surface area contributed by atoms with E-state index in [-0.39, 0.29) is 18.6 Å². The SMILES string of the molecule is Cc1c(OC(=O)CCNC(=O)OC(C)(C)C)ccc2c3c(c(=O)oc12)CCC3. The third-order valence-corrected chi connectivity index (χ3v) is 4.56. The first-order valence-corrected chi connectivity index (χ1v) is 9.41. The van der Waals surface area contributed by atoms with Crippen LogP contribution in [0.15, 0.2) is 21.3 Å². The Morgan fingerprint density at radius 1 is 1.18 bits per heavy atom. The van der Waals surface area contributed by atoms with Crippen molar-refractivity contribution in [1.82, 2.24) is 5.32 Å². The van der Waals surface area contributed by atoms with Crippen LogP contribution in [-0.4, -0.2) is 24.2 Å². The molecule has 0 saturated heterocycles. The van der Waals surface area contributed by atoms with Crippen molar-refractivity contribution in [2.75, 3.05) is 6.54 Å². The Bertz CT molecular complexity index is 983. The molecule has 1 aliphatic carbocycles. The van der Waals surface area contributed by atoms with E-state index in [0.717, 1.165) is 35.8 Å². The topological polar surface area (TPSA) is 94.8 Å². The summed E-state index contributed by atoms with van der Waals surface area (Å²) < 4.78 is 16.0. The summed E-state index contributed by atoms with van der Waals surface area (Å²) in [7, 11) is 0. The van der Waals surface area contributed by atoms with Crippen molar-refractivity contribution in [2.45, 2.75) is 59.0 Å². The number of amides is 1. The minimum atomic E-state index is -0.600. The molecular formula is C21H25NO6. The number of fused-ring (bicyclic) bond motifs is 3. The predicted octanol–water partition coefficient (Wildman–Crippen LogP) is 3.41. The first kappa shape index (κ1) is 19.9. The van der Waals surface area contributed by atoms with E-state index in [4.69, 9.17) is 13.9 Å². The van der Waals surface area contributed by atoms with Gasteiger partial charge < -0.3 is 19.2 Å². The molecule has 0 unspecified atom stereocenters. The summed E-state index contributed by atoms with van der Waals surface area (Å²) in [5, 5.41) is 3.41. The number of hydrogen-bond donors (Lipinski definition) is 1. The number of ether oxygens (including phenoxy) is 2. The summed E-state index contributed by atoms with van der Waals surface area (Å²) in [6.45, 7) is 7.14. The molecule has 1 heterocycles. The molecule has 1 aromatic carbocycles. The fraction of sp³-hybridized carbons (Fsp3) is 0.476. The molecule has 1 N–H and O–H groups in total. The molecule has 2 aromatic rings. The lowest BCUT2D eigenvalue weighted by Gasteiger charge is -2.19. The Hall–Kier alpha value is -2.83. The van der Waals surface area contributed by atoms with Crippen LogP contribution in [0.25, 0.3) is 11.0 Å². The average Bonchev–Trinajstić information content (AvgIpc) is 3.07. The monoisotopic (exact) mass is 387 g/mol. The van der Waals surface area contributed by atoms with Crippen LogP contribution in [0.3, 0.4) is 0 Å². The van der Waals surface area contributed by atoms with Crippen molar-refractivity contribution in [1.29, 1.82) is 0 Å². The molecule has 0 spiro atoms. The Morgan fingerprint density at radius 3 is 2.61 bits per heavy atom. The van der Waals surface area contributed by atoms with Crippen LogP contribution in [0.5, 0.6) is 5.75 Å². The van der Waals surface area contributed by atoms with E-state index in [9.17, 15) is 14.4 Å². The van der Waals surface area contributed by atoms with Gasteiger partial charge in [-0.15, -0.1) is 0 Å². The van der Waals surface area contributed by atoms with Crippen molar-refractivity contribution >= 4 is 23.0 Å². The summed E-state index contributed by atoms with van der Waals surface area (Å²) in [5.41, 5.74) is 1.95. The van der Waals surface area contributed by atoms with Crippen molar-refractivity contribution < 1.29 is 23.5 Å². The molecule has 7 nitrogen and oxygen atoms in total. The zero-order valence-electron chi connectivity index (χ0n) is 16.6. The van der Waals surface area contributed by atoms with E-state index < -0.39 is 17.7 Å². The van der Waals surface area contributed by atoms with Crippen molar-refractivity contribution in [3.8, 4) is 5.75 Å². The van der Waals surface area contributed by atoms with Crippen molar-refractivity contribution in [2.24, 2.45) is 0 Å². The van der Waals surface area contributed by atoms with Gasteiger partial charge in [-0.05, 0) is 64.7 Å². The normalized spacial score (nSPS) is 13.3. The van der Waals surface area contributed by atoms with Gasteiger partial charge in [0.25, 0.3) is 0 Å². The molecule has 1 aromatic heterocycles. The lowest BCUT2D eigenvalue weighted by Crippen LogP contribution is -2.34. The number of carbonyl (C=O) groups excluding carboxylic acids is 2. The van der Waals surface area contributed by atoms with E-state index in [0.29, 0.717) is 16.9 Å². The number of esters is 1. The van der Waals surface area contributed by atoms with Crippen molar-refractivity contribution in [3.63, 3.8) is 0 Å². The third-order valence-electron chi connectivity index (χ3n) is 4.56. The van der Waals surface area contributed by atoms with Crippen LogP contribution in [0.4, 0.5) is 4.79 Å². The third kappa shape index (κ3) is 4.35. The Morgan fingerprint density at radius 2 is 1.89 bits per heavy atom. The van der Waals surface area contributed by atoms with E-state index in [1.165, 1.54) is 0 Å². The van der Waals surface area contributed by atoms with Crippen LogP contribution in [0, 0.1) is 6.92 Å². The highest BCUT2D eigenvalue weighted by molar-refractivity contribution is 5.87. The number of carbonyl (C=O) groups is 2. The summed E-state index contributed by atoms with van der Waals surface area (Å²) in [4.78, 5) is 35.9. The lowest BCUT2D eigenvalue weighted by atomic mass is 10.0. The lowest BCUT2D eigenvalue weighted by molar-refractivity contribution is -0.134. The maximum atomic E-state index is 12.2. The average molecular weight is 387 g/mol. The van der Waals surface area contributed by atoms with E-state index in [1.54, 1.807) is 33.8 Å². The molecule has 3 rings (SSSR count). The van der Waals surface area contributed by atoms with Crippen molar-refractivity contribution in [3.05, 3.63) is 39.2 Å². The maximum Gasteiger partial charge on any atom is 0.407 e. The van der Waals surface area contributed by atoms with Crippen LogP contribution in [-0.2, 0) is 22.4 Å². The first-order chi connectivity index (χ1) is 13.2. The first-order valence-electron chi connectivity index (χ1n) is 9.41. The van der Waals surface area contributed by atoms with Gasteiger partial charge in [-0.3, -0.25) is 4.79 Å². The van der Waals surface area contributed by atoms with Gasteiger partial charge in [-0.1, -0.05) is 0 Å². The van der Waals surface area contributed by atoms with Gasteiger partial charge in [0, 0.05) is 23.1 Å².